The molecule has 1 aromatic rings. The van der Waals surface area contributed by atoms with Gasteiger partial charge in [-0.3, -0.25) is 4.98 Å². The highest BCUT2D eigenvalue weighted by Gasteiger charge is 2.52. The summed E-state index contributed by atoms with van der Waals surface area (Å²) in [7, 11) is -0.462. The molecule has 6 heteroatoms. The van der Waals surface area contributed by atoms with E-state index in [0.717, 1.165) is 16.7 Å². The van der Waals surface area contributed by atoms with E-state index in [1.54, 1.807) is 6.20 Å². The average Bonchev–Trinajstić information content (AvgIpc) is 2.57. The maximum atomic E-state index is 6.06. The highest BCUT2D eigenvalue weighted by molar-refractivity contribution is 6.63. The van der Waals surface area contributed by atoms with Crippen molar-refractivity contribution in [3.05, 3.63) is 23.5 Å². The summed E-state index contributed by atoms with van der Waals surface area (Å²) in [6, 6.07) is 1.89. The van der Waals surface area contributed by atoms with Crippen molar-refractivity contribution >= 4 is 12.6 Å². The first kappa shape index (κ1) is 14.5. The molecule has 2 rings (SSSR count). The summed E-state index contributed by atoms with van der Waals surface area (Å²) in [5, 5.41) is 0. The van der Waals surface area contributed by atoms with Crippen LogP contribution in [0.3, 0.4) is 0 Å². The van der Waals surface area contributed by atoms with Crippen molar-refractivity contribution in [1.29, 1.82) is 0 Å². The van der Waals surface area contributed by atoms with Gasteiger partial charge >= 0.3 is 7.12 Å². The number of nitrogens with two attached hydrogens (primary N) is 2. The predicted molar refractivity (Wildman–Crippen MR) is 75.7 cm³/mol. The highest BCUT2D eigenvalue weighted by atomic mass is 16.7. The number of hydrogen-bond donors (Lipinski definition) is 2. The molecule has 5 nitrogen and oxygen atoms in total. The van der Waals surface area contributed by atoms with Crippen LogP contribution in [0.25, 0.3) is 0 Å². The summed E-state index contributed by atoms with van der Waals surface area (Å²) in [5.74, 6) is 0. The second-order valence-electron chi connectivity index (χ2n) is 5.83. The number of rotatable bonds is 3. The minimum Gasteiger partial charge on any atom is -0.399 e. The average molecular weight is 263 g/mol. The van der Waals surface area contributed by atoms with E-state index in [-0.39, 0.29) is 11.2 Å². The third kappa shape index (κ3) is 2.41. The SMILES string of the molecule is CC1(C)OB(c2c(CN)ccnc2CN)OC1(C)C. The minimum absolute atomic E-state index is 0.341. The second kappa shape index (κ2) is 4.87. The van der Waals surface area contributed by atoms with E-state index in [4.69, 9.17) is 20.8 Å². The molecule has 0 aromatic carbocycles. The molecule has 1 aromatic heterocycles. The molecule has 1 aliphatic rings. The molecule has 0 saturated carbocycles. The Morgan fingerprint density at radius 3 is 2.16 bits per heavy atom. The van der Waals surface area contributed by atoms with Crippen LogP contribution in [-0.4, -0.2) is 23.3 Å². The van der Waals surface area contributed by atoms with Gasteiger partial charge in [-0.25, -0.2) is 0 Å². The largest absolute Gasteiger partial charge is 0.497 e. The van der Waals surface area contributed by atoms with E-state index in [2.05, 4.69) is 4.98 Å². The third-order valence-electron chi connectivity index (χ3n) is 4.07. The lowest BCUT2D eigenvalue weighted by Gasteiger charge is -2.32. The van der Waals surface area contributed by atoms with E-state index >= 15 is 0 Å². The van der Waals surface area contributed by atoms with E-state index in [0.29, 0.717) is 13.1 Å². The number of aromatic nitrogens is 1. The van der Waals surface area contributed by atoms with E-state index in [1.165, 1.54) is 0 Å². The first-order chi connectivity index (χ1) is 8.82. The van der Waals surface area contributed by atoms with Crippen LogP contribution in [0.15, 0.2) is 12.3 Å². The molecule has 1 aliphatic heterocycles. The standard InChI is InChI=1S/C13H22BN3O2/c1-12(2)13(3,4)19-14(18-12)11-9(7-15)5-6-17-10(11)8-16/h5-6H,7-8,15-16H2,1-4H3. The van der Waals surface area contributed by atoms with Crippen LogP contribution in [0.1, 0.15) is 39.0 Å². The zero-order valence-corrected chi connectivity index (χ0v) is 12.1. The van der Waals surface area contributed by atoms with E-state index < -0.39 is 7.12 Å². The molecule has 0 radical (unpaired) electrons. The van der Waals surface area contributed by atoms with Crippen molar-refractivity contribution in [2.75, 3.05) is 0 Å². The fourth-order valence-electron chi connectivity index (χ4n) is 2.15. The maximum absolute atomic E-state index is 6.06. The van der Waals surface area contributed by atoms with E-state index in [9.17, 15) is 0 Å². The Morgan fingerprint density at radius 2 is 1.68 bits per heavy atom. The van der Waals surface area contributed by atoms with Crippen LogP contribution in [0.4, 0.5) is 0 Å². The van der Waals surface area contributed by atoms with Crippen LogP contribution in [-0.2, 0) is 22.4 Å². The normalized spacial score (nSPS) is 20.8. The van der Waals surface area contributed by atoms with Gasteiger partial charge in [0.25, 0.3) is 0 Å². The van der Waals surface area contributed by atoms with Gasteiger partial charge in [-0.2, -0.15) is 0 Å². The maximum Gasteiger partial charge on any atom is 0.497 e. The zero-order valence-electron chi connectivity index (χ0n) is 12.1. The summed E-state index contributed by atoms with van der Waals surface area (Å²) < 4.78 is 12.1. The van der Waals surface area contributed by atoms with Gasteiger partial charge in [0.2, 0.25) is 0 Å². The molecule has 0 bridgehead atoms. The summed E-state index contributed by atoms with van der Waals surface area (Å²) in [5.41, 5.74) is 13.4. The number of nitrogens with zero attached hydrogens (tertiary/aromatic N) is 1. The Labute approximate surface area is 114 Å². The lowest BCUT2D eigenvalue weighted by molar-refractivity contribution is 0.00578. The van der Waals surface area contributed by atoms with Crippen LogP contribution >= 0.6 is 0 Å². The molecule has 0 unspecified atom stereocenters. The van der Waals surface area contributed by atoms with Gasteiger partial charge in [-0.1, -0.05) is 0 Å². The third-order valence-corrected chi connectivity index (χ3v) is 4.07. The molecule has 2 heterocycles. The lowest BCUT2D eigenvalue weighted by atomic mass is 9.74. The Kier molecular flexibility index (Phi) is 3.70. The van der Waals surface area contributed by atoms with Gasteiger partial charge < -0.3 is 20.8 Å². The molecule has 1 fully saturated rings. The Hall–Kier alpha value is -0.945. The zero-order chi connectivity index (χ0) is 14.3. The molecule has 1 saturated heterocycles. The Balaban J connectivity index is 2.44. The number of pyridine rings is 1. The first-order valence-electron chi connectivity index (χ1n) is 6.55. The van der Waals surface area contributed by atoms with E-state index in [1.807, 2.05) is 33.8 Å². The summed E-state index contributed by atoms with van der Waals surface area (Å²) in [4.78, 5) is 4.31. The van der Waals surface area contributed by atoms with Crippen molar-refractivity contribution in [3.8, 4) is 0 Å². The van der Waals surface area contributed by atoms with Gasteiger partial charge in [-0.05, 0) is 39.3 Å². The van der Waals surface area contributed by atoms with Crippen LogP contribution < -0.4 is 16.9 Å². The number of hydrogen-bond acceptors (Lipinski definition) is 5. The van der Waals surface area contributed by atoms with Crippen molar-refractivity contribution in [3.63, 3.8) is 0 Å². The molecule has 0 aliphatic carbocycles. The fourth-order valence-corrected chi connectivity index (χ4v) is 2.15. The quantitative estimate of drug-likeness (QED) is 0.766. The molecular weight excluding hydrogens is 241 g/mol. The Morgan fingerprint density at radius 1 is 1.11 bits per heavy atom. The molecule has 104 valence electrons. The van der Waals surface area contributed by atoms with Gasteiger partial charge in [-0.15, -0.1) is 0 Å². The molecule has 4 N–H and O–H groups in total. The monoisotopic (exact) mass is 263 g/mol. The fraction of sp³-hybridized carbons (Fsp3) is 0.615. The minimum atomic E-state index is -0.462. The molecular formula is C13H22BN3O2. The predicted octanol–water partition coefficient (Wildman–Crippen LogP) is 0.298. The summed E-state index contributed by atoms with van der Waals surface area (Å²) >= 11 is 0. The Bertz CT molecular complexity index is 439. The molecule has 0 amide bonds. The van der Waals surface area contributed by atoms with Gasteiger partial charge in [0.05, 0.1) is 16.9 Å². The highest BCUT2D eigenvalue weighted by Crippen LogP contribution is 2.36. The second-order valence-corrected chi connectivity index (χ2v) is 5.83. The summed E-state index contributed by atoms with van der Waals surface area (Å²) in [6.07, 6.45) is 1.72. The van der Waals surface area contributed by atoms with Gasteiger partial charge in [0, 0.05) is 24.7 Å². The first-order valence-corrected chi connectivity index (χ1v) is 6.55. The van der Waals surface area contributed by atoms with Crippen molar-refractivity contribution in [2.24, 2.45) is 11.5 Å². The van der Waals surface area contributed by atoms with Gasteiger partial charge in [0.1, 0.15) is 0 Å². The van der Waals surface area contributed by atoms with Crippen LogP contribution in [0.2, 0.25) is 0 Å². The van der Waals surface area contributed by atoms with Crippen LogP contribution in [0.5, 0.6) is 0 Å². The molecule has 0 spiro atoms. The van der Waals surface area contributed by atoms with Gasteiger partial charge in [0.15, 0.2) is 0 Å². The van der Waals surface area contributed by atoms with Crippen molar-refractivity contribution < 1.29 is 9.31 Å². The van der Waals surface area contributed by atoms with Crippen molar-refractivity contribution in [2.45, 2.75) is 52.0 Å². The smallest absolute Gasteiger partial charge is 0.399 e. The molecule has 19 heavy (non-hydrogen) atoms. The topological polar surface area (TPSA) is 83.4 Å². The van der Waals surface area contributed by atoms with Crippen molar-refractivity contribution in [1.82, 2.24) is 4.98 Å². The summed E-state index contributed by atoms with van der Waals surface area (Å²) in [6.45, 7) is 8.84. The van der Waals surface area contributed by atoms with Crippen LogP contribution in [0, 0.1) is 0 Å². The molecule has 0 atom stereocenters. The lowest BCUT2D eigenvalue weighted by Crippen LogP contribution is -2.41.